The SMILES string of the molecule is C.C.O=C(O)C(F)(F)F.O=C(O)C(F)(F)F.O=S(=O)(O)C(F)(F)F.O=S(=O)(O)C(F)(F)F.[Cu+2].[Pd+2]. The maximum Gasteiger partial charge on any atom is 2.00 e. The van der Waals surface area contributed by atoms with Crippen molar-refractivity contribution < 1.29 is 136 Å². The minimum atomic E-state index is -5.84. The monoisotopic (exact) mass is 729 g/mol. The van der Waals surface area contributed by atoms with Crippen LogP contribution in [0.25, 0.3) is 0 Å². The van der Waals surface area contributed by atoms with Crippen LogP contribution in [0.2, 0.25) is 0 Å². The van der Waals surface area contributed by atoms with E-state index in [1.807, 2.05) is 0 Å². The zero-order chi connectivity index (χ0) is 26.2. The van der Waals surface area contributed by atoms with E-state index in [4.69, 9.17) is 45.7 Å². The zero-order valence-electron chi connectivity index (χ0n) is 13.2. The molecular formula is C8H12CuF12O10PdS2+4. The Balaban J connectivity index is -0.0000000426. The molecule has 0 aliphatic carbocycles. The van der Waals surface area contributed by atoms with Gasteiger partial charge in [-0.1, -0.05) is 14.9 Å². The summed E-state index contributed by atoms with van der Waals surface area (Å²) < 4.78 is 179. The van der Waals surface area contributed by atoms with E-state index in [-0.39, 0.29) is 52.3 Å². The van der Waals surface area contributed by atoms with Gasteiger partial charge in [-0.15, -0.1) is 0 Å². The molecule has 0 aromatic carbocycles. The average molecular weight is 730 g/mol. The molecule has 26 heteroatoms. The van der Waals surface area contributed by atoms with Gasteiger partial charge in [-0.25, -0.2) is 9.59 Å². The second kappa shape index (κ2) is 18.4. The molecule has 0 aromatic heterocycles. The number of aliphatic carboxylic acids is 2. The molecule has 1 radical (unpaired) electrons. The minimum absolute atomic E-state index is 0. The summed E-state index contributed by atoms with van der Waals surface area (Å²) in [7, 11) is -11.7. The van der Waals surface area contributed by atoms with Crippen molar-refractivity contribution in [1.29, 1.82) is 0 Å². The van der Waals surface area contributed by atoms with Gasteiger partial charge < -0.3 is 10.2 Å². The Morgan fingerprint density at radius 2 is 0.588 bits per heavy atom. The Kier molecular flexibility index (Phi) is 29.3. The van der Waals surface area contributed by atoms with Crippen LogP contribution in [0.1, 0.15) is 14.9 Å². The van der Waals surface area contributed by atoms with Gasteiger partial charge in [0.25, 0.3) is 0 Å². The fraction of sp³-hybridized carbons (Fsp3) is 0.750. The molecule has 217 valence electrons. The van der Waals surface area contributed by atoms with Crippen LogP contribution < -0.4 is 0 Å². The summed E-state index contributed by atoms with van der Waals surface area (Å²) in [6, 6.07) is 0. The van der Waals surface area contributed by atoms with Gasteiger partial charge in [0.2, 0.25) is 0 Å². The van der Waals surface area contributed by atoms with Crippen molar-refractivity contribution in [3.8, 4) is 0 Å². The number of hydrogen-bond donors (Lipinski definition) is 4. The van der Waals surface area contributed by atoms with Gasteiger partial charge in [0.05, 0.1) is 0 Å². The van der Waals surface area contributed by atoms with Crippen LogP contribution >= 0.6 is 0 Å². The van der Waals surface area contributed by atoms with Gasteiger partial charge in [-0.05, 0) is 0 Å². The molecule has 0 saturated carbocycles. The Bertz CT molecular complexity index is 705. The molecule has 0 fully saturated rings. The second-order valence-electron chi connectivity index (χ2n) is 3.45. The smallest absolute Gasteiger partial charge is 0.475 e. The molecule has 0 bridgehead atoms. The van der Waals surface area contributed by atoms with Gasteiger partial charge in [0.1, 0.15) is 0 Å². The molecule has 4 N–H and O–H groups in total. The van der Waals surface area contributed by atoms with Crippen molar-refractivity contribution in [3.05, 3.63) is 0 Å². The largest absolute Gasteiger partial charge is 2.00 e. The molecule has 0 spiro atoms. The Hall–Kier alpha value is -0.898. The third-order valence-electron chi connectivity index (χ3n) is 1.07. The predicted molar refractivity (Wildman–Crippen MR) is 76.1 cm³/mol. The number of halogens is 12. The van der Waals surface area contributed by atoms with Crippen LogP contribution in [0.3, 0.4) is 0 Å². The average Bonchev–Trinajstić information content (AvgIpc) is 2.33. The molecule has 0 aliphatic rings. The quantitative estimate of drug-likeness (QED) is 0.125. The van der Waals surface area contributed by atoms with Crippen LogP contribution in [-0.4, -0.2) is 71.5 Å². The van der Waals surface area contributed by atoms with E-state index in [0.29, 0.717) is 0 Å². The Morgan fingerprint density at radius 1 is 0.529 bits per heavy atom. The number of carbonyl (C=O) groups is 2. The molecule has 0 heterocycles. The summed E-state index contributed by atoms with van der Waals surface area (Å²) in [5.41, 5.74) is -11.1. The fourth-order valence-corrected chi connectivity index (χ4v) is 0. The van der Waals surface area contributed by atoms with E-state index in [2.05, 4.69) is 0 Å². The summed E-state index contributed by atoms with van der Waals surface area (Å²) in [6.45, 7) is 0. The number of carboxylic acid groups (broad SMARTS) is 2. The maximum atomic E-state index is 10.7. The van der Waals surface area contributed by atoms with Gasteiger partial charge >= 0.3 is 93.0 Å². The topological polar surface area (TPSA) is 183 Å². The summed E-state index contributed by atoms with van der Waals surface area (Å²) in [5, 5.41) is 14.2. The van der Waals surface area contributed by atoms with E-state index >= 15 is 0 Å². The first-order valence-corrected chi connectivity index (χ1v) is 7.94. The number of alkyl halides is 12. The van der Waals surface area contributed by atoms with Crippen molar-refractivity contribution in [2.24, 2.45) is 0 Å². The van der Waals surface area contributed by atoms with Crippen molar-refractivity contribution >= 4 is 32.2 Å². The molecule has 0 aromatic rings. The Labute approximate surface area is 206 Å². The van der Waals surface area contributed by atoms with Crippen LogP contribution in [0.15, 0.2) is 0 Å². The van der Waals surface area contributed by atoms with E-state index in [9.17, 15) is 52.7 Å². The van der Waals surface area contributed by atoms with Crippen LogP contribution in [0, 0.1) is 0 Å². The van der Waals surface area contributed by atoms with Crippen LogP contribution in [0.5, 0.6) is 0 Å². The minimum Gasteiger partial charge on any atom is -0.475 e. The molecule has 0 atom stereocenters. The van der Waals surface area contributed by atoms with Gasteiger partial charge in [0, 0.05) is 0 Å². The molecule has 10 nitrogen and oxygen atoms in total. The summed E-state index contributed by atoms with van der Waals surface area (Å²) in [4.78, 5) is 17.8. The molecular weight excluding hydrogens is 718 g/mol. The molecule has 0 aliphatic heterocycles. The van der Waals surface area contributed by atoms with E-state index in [1.165, 1.54) is 0 Å². The summed E-state index contributed by atoms with van der Waals surface area (Å²) >= 11 is 0. The van der Waals surface area contributed by atoms with Gasteiger partial charge in [0.15, 0.2) is 0 Å². The summed E-state index contributed by atoms with van der Waals surface area (Å²) in [5.74, 6) is -5.51. The zero-order valence-corrected chi connectivity index (χ0v) is 17.3. The molecule has 0 rings (SSSR count). The number of carboxylic acids is 2. The standard InChI is InChI=1S/2C2HF3O2.2CHF3O3S.2CH4.Cu.Pd/c2*3-2(4,5)1(6)7;2*2-1(3,4)8(5,6)7;;;;/h2*(H,6,7);2*(H,5,6,7);2*1H4;;/q;;;;;;2*+2. The molecule has 0 amide bonds. The van der Waals surface area contributed by atoms with Gasteiger partial charge in [-0.3, -0.25) is 9.11 Å². The normalized spacial score (nSPS) is 11.2. The first-order valence-electron chi connectivity index (χ1n) is 5.06. The summed E-state index contributed by atoms with van der Waals surface area (Å²) in [6.07, 6.45) is -10.2. The van der Waals surface area contributed by atoms with Crippen molar-refractivity contribution in [2.45, 2.75) is 38.2 Å². The van der Waals surface area contributed by atoms with Crippen molar-refractivity contribution in [3.63, 3.8) is 0 Å². The van der Waals surface area contributed by atoms with Crippen LogP contribution in [0.4, 0.5) is 52.7 Å². The predicted octanol–water partition coefficient (Wildman–Crippen LogP) is 3.32. The first kappa shape index (κ1) is 54.1. The van der Waals surface area contributed by atoms with E-state index < -0.39 is 55.5 Å². The fourth-order valence-electron chi connectivity index (χ4n) is 0. The van der Waals surface area contributed by atoms with E-state index in [1.54, 1.807) is 0 Å². The number of rotatable bonds is 0. The number of hydrogen-bond acceptors (Lipinski definition) is 6. The third-order valence-corrected chi connectivity index (χ3v) is 2.24. The third kappa shape index (κ3) is 33.3. The second-order valence-corrected chi connectivity index (χ2v) is 6.27. The Morgan fingerprint density at radius 3 is 0.588 bits per heavy atom. The van der Waals surface area contributed by atoms with Crippen LogP contribution in [-0.2, 0) is 67.3 Å². The molecule has 34 heavy (non-hydrogen) atoms. The molecule has 0 unspecified atom stereocenters. The van der Waals surface area contributed by atoms with Gasteiger partial charge in [-0.2, -0.15) is 69.5 Å². The van der Waals surface area contributed by atoms with Crippen molar-refractivity contribution in [1.82, 2.24) is 0 Å². The molecule has 0 saturated heterocycles. The first-order chi connectivity index (χ1) is 12.4. The van der Waals surface area contributed by atoms with E-state index in [0.717, 1.165) is 0 Å². The van der Waals surface area contributed by atoms with Crippen molar-refractivity contribution in [2.75, 3.05) is 0 Å². The maximum absolute atomic E-state index is 10.7.